The Morgan fingerprint density at radius 2 is 1.74 bits per heavy atom. The number of nitrogens with zero attached hydrogens (tertiary/aromatic N) is 6. The Balaban J connectivity index is 1.42. The van der Waals surface area contributed by atoms with Crippen molar-refractivity contribution < 1.29 is 8.78 Å². The Morgan fingerprint density at radius 1 is 0.963 bits per heavy atom. The highest BCUT2D eigenvalue weighted by molar-refractivity contribution is 5.44. The van der Waals surface area contributed by atoms with Gasteiger partial charge in [-0.25, -0.2) is 23.4 Å². The lowest BCUT2D eigenvalue weighted by molar-refractivity contribution is 0.249. The van der Waals surface area contributed by atoms with E-state index >= 15 is 0 Å². The van der Waals surface area contributed by atoms with Crippen molar-refractivity contribution in [3.8, 4) is 5.82 Å². The van der Waals surface area contributed by atoms with Crippen molar-refractivity contribution in [1.82, 2.24) is 24.6 Å². The van der Waals surface area contributed by atoms with Crippen LogP contribution in [0.25, 0.3) is 5.82 Å². The summed E-state index contributed by atoms with van der Waals surface area (Å²) in [6.45, 7) is 5.72. The number of anilines is 1. The van der Waals surface area contributed by atoms with Crippen LogP contribution in [0.5, 0.6) is 0 Å². The maximum atomic E-state index is 13.4. The summed E-state index contributed by atoms with van der Waals surface area (Å²) in [5, 5.41) is 4.23. The van der Waals surface area contributed by atoms with Crippen molar-refractivity contribution in [1.29, 1.82) is 0 Å². The van der Waals surface area contributed by atoms with Gasteiger partial charge in [-0.15, -0.1) is 0 Å². The third kappa shape index (κ3) is 3.95. The van der Waals surface area contributed by atoms with Crippen molar-refractivity contribution in [3.63, 3.8) is 0 Å². The van der Waals surface area contributed by atoms with Crippen LogP contribution in [0.4, 0.5) is 14.6 Å². The summed E-state index contributed by atoms with van der Waals surface area (Å²) in [5.74, 6) is 0.707. The molecule has 3 aromatic rings. The first-order valence-electron chi connectivity index (χ1n) is 8.85. The first kappa shape index (κ1) is 17.5. The number of aryl methyl sites for hydroxylation is 1. The van der Waals surface area contributed by atoms with E-state index < -0.39 is 11.6 Å². The first-order chi connectivity index (χ1) is 13.1. The fourth-order valence-corrected chi connectivity index (χ4v) is 3.25. The molecule has 1 aliphatic rings. The van der Waals surface area contributed by atoms with Crippen LogP contribution in [0.15, 0.2) is 42.7 Å². The van der Waals surface area contributed by atoms with Gasteiger partial charge < -0.3 is 4.90 Å². The van der Waals surface area contributed by atoms with Crippen LogP contribution >= 0.6 is 0 Å². The van der Waals surface area contributed by atoms with E-state index in [0.717, 1.165) is 43.4 Å². The zero-order chi connectivity index (χ0) is 18.8. The Bertz CT molecular complexity index is 920. The largest absolute Gasteiger partial charge is 0.354 e. The maximum Gasteiger partial charge on any atom is 0.159 e. The molecule has 3 heterocycles. The minimum absolute atomic E-state index is 0.604. The quantitative estimate of drug-likeness (QED) is 0.707. The van der Waals surface area contributed by atoms with Crippen molar-refractivity contribution in [3.05, 3.63) is 65.7 Å². The number of halogens is 2. The summed E-state index contributed by atoms with van der Waals surface area (Å²) in [6.07, 6.45) is 3.57. The molecular formula is C19H20F2N6. The Hall–Kier alpha value is -2.87. The lowest BCUT2D eigenvalue weighted by Gasteiger charge is -2.35. The summed E-state index contributed by atoms with van der Waals surface area (Å²) in [7, 11) is 0. The molecule has 0 saturated carbocycles. The van der Waals surface area contributed by atoms with Crippen LogP contribution in [-0.2, 0) is 6.54 Å². The van der Waals surface area contributed by atoms with Gasteiger partial charge >= 0.3 is 0 Å². The Morgan fingerprint density at radius 3 is 2.44 bits per heavy atom. The molecular weight excluding hydrogens is 350 g/mol. The van der Waals surface area contributed by atoms with Gasteiger partial charge in [0.1, 0.15) is 11.6 Å². The molecule has 4 rings (SSSR count). The summed E-state index contributed by atoms with van der Waals surface area (Å²) in [6, 6.07) is 7.88. The molecule has 2 aromatic heterocycles. The molecule has 0 aliphatic carbocycles. The van der Waals surface area contributed by atoms with Crippen molar-refractivity contribution in [2.24, 2.45) is 0 Å². The zero-order valence-corrected chi connectivity index (χ0v) is 15.0. The maximum absolute atomic E-state index is 13.4. The van der Waals surface area contributed by atoms with E-state index in [1.165, 1.54) is 12.1 Å². The predicted octanol–water partition coefficient (Wildman–Crippen LogP) is 2.57. The number of aromatic nitrogens is 4. The topological polar surface area (TPSA) is 50.1 Å². The highest BCUT2D eigenvalue weighted by atomic mass is 19.2. The van der Waals surface area contributed by atoms with Gasteiger partial charge in [-0.2, -0.15) is 5.10 Å². The lowest BCUT2D eigenvalue weighted by atomic mass is 10.2. The van der Waals surface area contributed by atoms with Crippen LogP contribution in [0, 0.1) is 18.6 Å². The highest BCUT2D eigenvalue weighted by Gasteiger charge is 2.20. The summed E-state index contributed by atoms with van der Waals surface area (Å²) in [4.78, 5) is 13.4. The molecule has 140 valence electrons. The van der Waals surface area contributed by atoms with Crippen LogP contribution in [0.3, 0.4) is 0 Å². The van der Waals surface area contributed by atoms with Crippen molar-refractivity contribution in [2.45, 2.75) is 13.5 Å². The third-order valence-electron chi connectivity index (χ3n) is 4.64. The van der Waals surface area contributed by atoms with Gasteiger partial charge in [0.25, 0.3) is 0 Å². The fraction of sp³-hybridized carbons (Fsp3) is 0.316. The number of hydrogen-bond acceptors (Lipinski definition) is 5. The van der Waals surface area contributed by atoms with Gasteiger partial charge in [0, 0.05) is 51.2 Å². The summed E-state index contributed by atoms with van der Waals surface area (Å²) < 4.78 is 28.2. The van der Waals surface area contributed by atoms with Gasteiger partial charge in [0.15, 0.2) is 17.5 Å². The Kier molecular flexibility index (Phi) is 4.81. The highest BCUT2D eigenvalue weighted by Crippen LogP contribution is 2.18. The normalized spacial score (nSPS) is 15.3. The molecule has 8 heteroatoms. The first-order valence-corrected chi connectivity index (χ1v) is 8.85. The third-order valence-corrected chi connectivity index (χ3v) is 4.64. The second-order valence-corrected chi connectivity index (χ2v) is 6.59. The molecule has 27 heavy (non-hydrogen) atoms. The van der Waals surface area contributed by atoms with Gasteiger partial charge in [-0.3, -0.25) is 4.90 Å². The van der Waals surface area contributed by atoms with Crippen LogP contribution in [0.2, 0.25) is 0 Å². The summed E-state index contributed by atoms with van der Waals surface area (Å²) in [5.41, 5.74) is 0.779. The van der Waals surface area contributed by atoms with E-state index in [9.17, 15) is 8.78 Å². The van der Waals surface area contributed by atoms with Gasteiger partial charge in [-0.05, 0) is 30.7 Å². The van der Waals surface area contributed by atoms with Crippen LogP contribution in [-0.4, -0.2) is 50.8 Å². The average molecular weight is 370 g/mol. The number of piperazine rings is 1. The van der Waals surface area contributed by atoms with Gasteiger partial charge in [0.2, 0.25) is 0 Å². The van der Waals surface area contributed by atoms with E-state index in [1.54, 1.807) is 16.9 Å². The van der Waals surface area contributed by atoms with Crippen molar-refractivity contribution in [2.75, 3.05) is 31.1 Å². The SMILES string of the molecule is Cc1nc(N2CCN(Cc3ccc(F)c(F)c3)CC2)cc(-n2cccn2)n1. The van der Waals surface area contributed by atoms with Gasteiger partial charge in [0.05, 0.1) is 0 Å². The molecule has 1 fully saturated rings. The number of benzene rings is 1. The predicted molar refractivity (Wildman–Crippen MR) is 97.7 cm³/mol. The second-order valence-electron chi connectivity index (χ2n) is 6.59. The fourth-order valence-electron chi connectivity index (χ4n) is 3.25. The Labute approximate surface area is 156 Å². The van der Waals surface area contributed by atoms with E-state index in [-0.39, 0.29) is 0 Å². The molecule has 0 atom stereocenters. The molecule has 6 nitrogen and oxygen atoms in total. The molecule has 0 radical (unpaired) electrons. The second kappa shape index (κ2) is 7.40. The minimum atomic E-state index is -0.810. The average Bonchev–Trinajstić information content (AvgIpc) is 3.20. The van der Waals surface area contributed by atoms with Crippen molar-refractivity contribution >= 4 is 5.82 Å². The number of hydrogen-bond donors (Lipinski definition) is 0. The molecule has 0 amide bonds. The lowest BCUT2D eigenvalue weighted by Crippen LogP contribution is -2.46. The number of rotatable bonds is 4. The molecule has 1 aliphatic heterocycles. The molecule has 1 aromatic carbocycles. The molecule has 0 spiro atoms. The van der Waals surface area contributed by atoms with E-state index in [2.05, 4.69) is 24.9 Å². The molecule has 0 N–H and O–H groups in total. The summed E-state index contributed by atoms with van der Waals surface area (Å²) >= 11 is 0. The molecule has 0 unspecified atom stereocenters. The molecule has 0 bridgehead atoms. The van der Waals surface area contributed by atoms with Gasteiger partial charge in [-0.1, -0.05) is 6.07 Å². The molecule has 1 saturated heterocycles. The monoisotopic (exact) mass is 370 g/mol. The van der Waals surface area contributed by atoms with E-state index in [4.69, 9.17) is 0 Å². The van der Waals surface area contributed by atoms with E-state index in [1.807, 2.05) is 25.3 Å². The van der Waals surface area contributed by atoms with Crippen LogP contribution in [0.1, 0.15) is 11.4 Å². The zero-order valence-electron chi connectivity index (χ0n) is 15.0. The van der Waals surface area contributed by atoms with E-state index in [0.29, 0.717) is 12.4 Å². The smallest absolute Gasteiger partial charge is 0.159 e. The standard InChI is InChI=1S/C19H20F2N6/c1-14-23-18(12-19(24-14)27-6-2-5-22-27)26-9-7-25(8-10-26)13-15-3-4-16(20)17(21)11-15/h2-6,11-12H,7-10,13H2,1H3. The van der Waals surface area contributed by atoms with Crippen LogP contribution < -0.4 is 4.90 Å². The minimum Gasteiger partial charge on any atom is -0.354 e.